The fraction of sp³-hybridized carbons (Fsp3) is 1.00. The number of aliphatic hydroxyl groups is 1. The molecule has 0 aliphatic carbocycles. The number of halogens is 6. The standard InChI is InChI=1S/2CHF3O3S.CH4O.Cu/c2*2-1(3,4)8(5,6)7;1-2;/h2*(H,5,6,7);2H,1H3;/q;;;+2/p-2. The van der Waals surface area contributed by atoms with E-state index in [2.05, 4.69) is 0 Å². The molecule has 0 aromatic rings. The zero-order valence-corrected chi connectivity index (χ0v) is 10.9. The summed E-state index contributed by atoms with van der Waals surface area (Å²) >= 11 is 0. The summed E-state index contributed by atoms with van der Waals surface area (Å²) < 4.78 is 118. The first-order valence-corrected chi connectivity index (χ1v) is 5.81. The Balaban J connectivity index is -0.0000000999. The van der Waals surface area contributed by atoms with Crippen molar-refractivity contribution in [2.24, 2.45) is 0 Å². The van der Waals surface area contributed by atoms with E-state index in [0.717, 1.165) is 7.11 Å². The van der Waals surface area contributed by atoms with Crippen LogP contribution in [0.15, 0.2) is 0 Å². The smallest absolute Gasteiger partial charge is 0.741 e. The van der Waals surface area contributed by atoms with Gasteiger partial charge in [0.1, 0.15) is 0 Å². The Morgan fingerprint density at radius 1 is 0.737 bits per heavy atom. The van der Waals surface area contributed by atoms with Crippen LogP contribution in [0.2, 0.25) is 0 Å². The van der Waals surface area contributed by atoms with Crippen LogP contribution in [-0.2, 0) is 37.3 Å². The summed E-state index contributed by atoms with van der Waals surface area (Å²) in [7, 11) is -11.2. The molecule has 0 amide bonds. The van der Waals surface area contributed by atoms with Crippen molar-refractivity contribution in [1.82, 2.24) is 0 Å². The first-order valence-electron chi connectivity index (χ1n) is 2.99. The SMILES string of the molecule is CO.O=S(=O)([O-])C(F)(F)F.O=S(=O)([O-])C(F)(F)F.[Cu+2]. The van der Waals surface area contributed by atoms with Crippen molar-refractivity contribution < 1.29 is 74.5 Å². The summed E-state index contributed by atoms with van der Waals surface area (Å²) in [6, 6.07) is 0. The van der Waals surface area contributed by atoms with Crippen LogP contribution >= 0.6 is 0 Å². The van der Waals surface area contributed by atoms with Crippen LogP contribution in [0, 0.1) is 0 Å². The van der Waals surface area contributed by atoms with Crippen LogP contribution in [0.1, 0.15) is 0 Å². The Bertz CT molecular complexity index is 379. The van der Waals surface area contributed by atoms with Crippen LogP contribution in [0.4, 0.5) is 26.3 Å². The molecule has 0 aromatic heterocycles. The van der Waals surface area contributed by atoms with Crippen LogP contribution in [0.25, 0.3) is 0 Å². The van der Waals surface area contributed by atoms with Gasteiger partial charge in [0.25, 0.3) is 0 Å². The molecule has 0 atom stereocenters. The maximum atomic E-state index is 10.7. The van der Waals surface area contributed by atoms with E-state index in [1.807, 2.05) is 0 Å². The van der Waals surface area contributed by atoms with Crippen molar-refractivity contribution in [2.75, 3.05) is 7.11 Å². The Kier molecular flexibility index (Phi) is 12.8. The minimum atomic E-state index is -6.09. The third kappa shape index (κ3) is 14.1. The van der Waals surface area contributed by atoms with E-state index in [0.29, 0.717) is 0 Å². The van der Waals surface area contributed by atoms with Gasteiger partial charge in [-0.1, -0.05) is 0 Å². The fourth-order valence-corrected chi connectivity index (χ4v) is 0. The van der Waals surface area contributed by atoms with Crippen molar-refractivity contribution >= 4 is 20.2 Å². The quantitative estimate of drug-likeness (QED) is 0.258. The molecule has 1 N–H and O–H groups in total. The number of hydrogen-bond acceptors (Lipinski definition) is 7. The molecule has 0 fully saturated rings. The van der Waals surface area contributed by atoms with Crippen LogP contribution in [0.3, 0.4) is 0 Å². The number of alkyl halides is 6. The molecule has 0 spiro atoms. The number of rotatable bonds is 0. The maximum absolute atomic E-state index is 10.7. The summed E-state index contributed by atoms with van der Waals surface area (Å²) in [4.78, 5) is 0. The zero-order valence-electron chi connectivity index (χ0n) is 8.28. The average molecular weight is 394 g/mol. The van der Waals surface area contributed by atoms with Crippen molar-refractivity contribution in [1.29, 1.82) is 0 Å². The van der Waals surface area contributed by atoms with Gasteiger partial charge in [-0.3, -0.25) is 0 Å². The number of aliphatic hydroxyl groups excluding tert-OH is 1. The molecular formula is C3H4CuF6O7S2. The third-order valence-electron chi connectivity index (χ3n) is 0.567. The molecule has 19 heavy (non-hydrogen) atoms. The Morgan fingerprint density at radius 3 is 0.789 bits per heavy atom. The molecule has 16 heteroatoms. The number of hydrogen-bond donors (Lipinski definition) is 1. The summed E-state index contributed by atoms with van der Waals surface area (Å²) in [5, 5.41) is 7.00. The van der Waals surface area contributed by atoms with E-state index in [1.54, 1.807) is 0 Å². The van der Waals surface area contributed by atoms with Gasteiger partial charge in [0.2, 0.25) is 0 Å². The van der Waals surface area contributed by atoms with Gasteiger partial charge < -0.3 is 14.2 Å². The fourth-order valence-electron chi connectivity index (χ4n) is 0. The average Bonchev–Trinajstić information content (AvgIpc) is 2.01. The summed E-state index contributed by atoms with van der Waals surface area (Å²) in [6.45, 7) is 0. The van der Waals surface area contributed by atoms with Gasteiger partial charge in [-0.25, -0.2) is 16.8 Å². The maximum Gasteiger partial charge on any atom is 2.00 e. The van der Waals surface area contributed by atoms with Crippen molar-refractivity contribution in [2.45, 2.75) is 11.0 Å². The van der Waals surface area contributed by atoms with Crippen molar-refractivity contribution in [3.05, 3.63) is 0 Å². The molecule has 0 saturated carbocycles. The first kappa shape index (κ1) is 27.3. The second kappa shape index (κ2) is 8.93. The molecule has 0 bridgehead atoms. The van der Waals surface area contributed by atoms with Gasteiger partial charge >= 0.3 is 28.1 Å². The molecule has 0 heterocycles. The van der Waals surface area contributed by atoms with Crippen molar-refractivity contribution in [3.8, 4) is 0 Å². The normalized spacial score (nSPS) is 12.1. The Hall–Kier alpha value is -0.121. The predicted molar refractivity (Wildman–Crippen MR) is 39.6 cm³/mol. The van der Waals surface area contributed by atoms with Crippen LogP contribution in [-0.4, -0.2) is 49.2 Å². The molecular weight excluding hydrogens is 390 g/mol. The van der Waals surface area contributed by atoms with E-state index >= 15 is 0 Å². The molecule has 7 nitrogen and oxygen atoms in total. The van der Waals surface area contributed by atoms with E-state index in [1.165, 1.54) is 0 Å². The van der Waals surface area contributed by atoms with Crippen molar-refractivity contribution in [3.63, 3.8) is 0 Å². The van der Waals surface area contributed by atoms with Gasteiger partial charge in [-0.2, -0.15) is 26.3 Å². The predicted octanol–water partition coefficient (Wildman–Crippen LogP) is -0.291. The van der Waals surface area contributed by atoms with Gasteiger partial charge in [-0.15, -0.1) is 0 Å². The minimum Gasteiger partial charge on any atom is -0.741 e. The zero-order chi connectivity index (χ0) is 16.0. The molecule has 123 valence electrons. The van der Waals surface area contributed by atoms with Crippen LogP contribution < -0.4 is 0 Å². The topological polar surface area (TPSA) is 135 Å². The van der Waals surface area contributed by atoms with E-state index in [4.69, 9.17) is 31.0 Å². The molecule has 0 rings (SSSR count). The first-order chi connectivity index (χ1) is 7.50. The second-order valence-electron chi connectivity index (χ2n) is 1.80. The monoisotopic (exact) mass is 393 g/mol. The molecule has 0 aliphatic heterocycles. The molecule has 0 aliphatic rings. The van der Waals surface area contributed by atoms with Gasteiger partial charge in [-0.05, 0) is 0 Å². The van der Waals surface area contributed by atoms with E-state index < -0.39 is 31.3 Å². The second-order valence-corrected chi connectivity index (χ2v) is 4.54. The van der Waals surface area contributed by atoms with E-state index in [-0.39, 0.29) is 17.1 Å². The molecule has 0 unspecified atom stereocenters. The largest absolute Gasteiger partial charge is 2.00 e. The van der Waals surface area contributed by atoms with Gasteiger partial charge in [0, 0.05) is 7.11 Å². The Labute approximate surface area is 113 Å². The van der Waals surface area contributed by atoms with E-state index in [9.17, 15) is 26.3 Å². The molecule has 1 radical (unpaired) electrons. The van der Waals surface area contributed by atoms with Gasteiger partial charge in [0.15, 0.2) is 20.2 Å². The Morgan fingerprint density at radius 2 is 0.789 bits per heavy atom. The van der Waals surface area contributed by atoms with Crippen LogP contribution in [0.5, 0.6) is 0 Å². The third-order valence-corrected chi connectivity index (χ3v) is 1.70. The summed E-state index contributed by atoms with van der Waals surface area (Å²) in [5.74, 6) is 0. The summed E-state index contributed by atoms with van der Waals surface area (Å²) in [6.07, 6.45) is 0. The molecule has 0 aromatic carbocycles. The molecule has 0 saturated heterocycles. The minimum absolute atomic E-state index is 0. The van der Waals surface area contributed by atoms with Gasteiger partial charge in [0.05, 0.1) is 0 Å². The summed E-state index contributed by atoms with van der Waals surface area (Å²) in [5.41, 5.74) is -11.3.